The summed E-state index contributed by atoms with van der Waals surface area (Å²) in [4.78, 5) is 8.61. The molecule has 3 aromatic carbocycles. The maximum Gasteiger partial charge on any atom is 0.573 e. The van der Waals surface area contributed by atoms with Gasteiger partial charge < -0.3 is 19.9 Å². The van der Waals surface area contributed by atoms with E-state index in [-0.39, 0.29) is 17.3 Å². The first-order valence-electron chi connectivity index (χ1n) is 14.0. The first-order valence-corrected chi connectivity index (χ1v) is 16.3. The Morgan fingerprint density at radius 1 is 0.935 bits per heavy atom. The molecule has 0 bridgehead atoms. The summed E-state index contributed by atoms with van der Waals surface area (Å²) in [5.74, 6) is 0.0101. The lowest BCUT2D eigenvalue weighted by molar-refractivity contribution is -0.274. The molecule has 2 aromatic heterocycles. The molecule has 0 aliphatic heterocycles. The smallest absolute Gasteiger partial charge is 0.487 e. The van der Waals surface area contributed by atoms with Crippen LogP contribution in [0.1, 0.15) is 22.9 Å². The van der Waals surface area contributed by atoms with Crippen LogP contribution < -0.4 is 19.5 Å². The number of hydrogen-bond acceptors (Lipinski definition) is 9. The number of aromatic nitrogens is 2. The Kier molecular flexibility index (Phi) is 10.5. The van der Waals surface area contributed by atoms with Gasteiger partial charge in [-0.2, -0.15) is 0 Å². The molecule has 5 aromatic rings. The Hall–Kier alpha value is -4.50. The third-order valence-corrected chi connectivity index (χ3v) is 8.95. The molecule has 1 unspecified atom stereocenters. The second-order valence-electron chi connectivity index (χ2n) is 10.0. The normalized spacial score (nSPS) is 12.4. The molecule has 0 amide bonds. The number of ether oxygens (including phenoxy) is 2. The van der Waals surface area contributed by atoms with Crippen LogP contribution in [-0.4, -0.2) is 42.9 Å². The average molecular weight is 671 g/mol. The summed E-state index contributed by atoms with van der Waals surface area (Å²) < 4.78 is 75.0. The van der Waals surface area contributed by atoms with Crippen molar-refractivity contribution in [3.8, 4) is 22.1 Å². The molecular weight excluding hydrogens is 642 g/mol. The van der Waals surface area contributed by atoms with Crippen molar-refractivity contribution in [2.45, 2.75) is 30.4 Å². The fraction of sp³-hybridized carbons (Fsp3) is 0.188. The van der Waals surface area contributed by atoms with E-state index in [4.69, 9.17) is 4.74 Å². The van der Waals surface area contributed by atoms with Crippen molar-refractivity contribution in [3.63, 3.8) is 0 Å². The first-order chi connectivity index (χ1) is 22.0. The van der Waals surface area contributed by atoms with Crippen molar-refractivity contribution < 1.29 is 36.2 Å². The maximum absolute atomic E-state index is 13.0. The number of benzene rings is 3. The fourth-order valence-electron chi connectivity index (χ4n) is 4.29. The number of anilines is 1. The molecule has 14 heteroatoms. The van der Waals surface area contributed by atoms with E-state index in [1.54, 1.807) is 48.1 Å². The van der Waals surface area contributed by atoms with Gasteiger partial charge in [-0.3, -0.25) is 9.71 Å². The van der Waals surface area contributed by atoms with E-state index in [9.17, 15) is 26.7 Å². The number of sulfonamides is 1. The number of aliphatic hydroxyl groups is 1. The van der Waals surface area contributed by atoms with Crippen molar-refractivity contribution in [1.82, 2.24) is 15.3 Å². The summed E-state index contributed by atoms with van der Waals surface area (Å²) in [5, 5.41) is 15.9. The fourth-order valence-corrected chi connectivity index (χ4v) is 6.16. The number of pyridine rings is 1. The van der Waals surface area contributed by atoms with Crippen molar-refractivity contribution in [1.29, 1.82) is 0 Å². The molecule has 0 aliphatic carbocycles. The van der Waals surface area contributed by atoms with Crippen LogP contribution in [0, 0.1) is 0 Å². The monoisotopic (exact) mass is 670 g/mol. The zero-order chi connectivity index (χ0) is 32.6. The SMILES string of the molecule is O=S(=O)(Nc1ccc(CCNCC(O)c2cccnc2)cc1)c1ccc(-c2nc(COc3ccc(OC(F)(F)F)cc3)cs2)cc1. The second kappa shape index (κ2) is 14.7. The number of aliphatic hydroxyl groups excluding tert-OH is 1. The molecule has 5 rings (SSSR count). The van der Waals surface area contributed by atoms with Gasteiger partial charge >= 0.3 is 6.36 Å². The highest BCUT2D eigenvalue weighted by molar-refractivity contribution is 7.92. The molecule has 9 nitrogen and oxygen atoms in total. The topological polar surface area (TPSA) is 123 Å². The number of alkyl halides is 3. The molecule has 0 radical (unpaired) electrons. The highest BCUT2D eigenvalue weighted by Gasteiger charge is 2.31. The van der Waals surface area contributed by atoms with Gasteiger partial charge in [-0.25, -0.2) is 13.4 Å². The van der Waals surface area contributed by atoms with E-state index in [2.05, 4.69) is 24.7 Å². The summed E-state index contributed by atoms with van der Waals surface area (Å²) in [7, 11) is -3.83. The highest BCUT2D eigenvalue weighted by Crippen LogP contribution is 2.28. The van der Waals surface area contributed by atoms with Gasteiger partial charge in [0.25, 0.3) is 10.0 Å². The van der Waals surface area contributed by atoms with Crippen molar-refractivity contribution in [3.05, 3.63) is 120 Å². The molecule has 2 heterocycles. The van der Waals surface area contributed by atoms with Gasteiger partial charge in [-0.05, 0) is 73.1 Å². The molecule has 0 saturated heterocycles. The molecular formula is C32H29F3N4O5S2. The van der Waals surface area contributed by atoms with Crippen LogP contribution >= 0.6 is 11.3 Å². The molecule has 46 heavy (non-hydrogen) atoms. The summed E-state index contributed by atoms with van der Waals surface area (Å²) in [6.45, 7) is 1.13. The van der Waals surface area contributed by atoms with Crippen LogP contribution in [0.2, 0.25) is 0 Å². The Morgan fingerprint density at radius 3 is 2.33 bits per heavy atom. The van der Waals surface area contributed by atoms with Gasteiger partial charge in [0.1, 0.15) is 23.1 Å². The minimum absolute atomic E-state index is 0.0924. The van der Waals surface area contributed by atoms with E-state index >= 15 is 0 Å². The molecule has 0 spiro atoms. The molecule has 1 atom stereocenters. The first kappa shape index (κ1) is 32.9. The predicted octanol–water partition coefficient (Wildman–Crippen LogP) is 6.35. The van der Waals surface area contributed by atoms with Crippen LogP contribution in [0.5, 0.6) is 11.5 Å². The highest BCUT2D eigenvalue weighted by atomic mass is 32.2. The minimum atomic E-state index is -4.77. The van der Waals surface area contributed by atoms with Crippen molar-refractivity contribution in [2.24, 2.45) is 0 Å². The summed E-state index contributed by atoms with van der Waals surface area (Å²) in [6, 6.07) is 22.1. The maximum atomic E-state index is 13.0. The van der Waals surface area contributed by atoms with Gasteiger partial charge in [0, 0.05) is 41.1 Å². The minimum Gasteiger partial charge on any atom is -0.487 e. The molecule has 0 saturated carbocycles. The van der Waals surface area contributed by atoms with Crippen LogP contribution in [0.15, 0.2) is 108 Å². The third kappa shape index (κ3) is 9.50. The van der Waals surface area contributed by atoms with Gasteiger partial charge in [0.05, 0.1) is 16.7 Å². The lowest BCUT2D eigenvalue weighted by atomic mass is 10.1. The number of rotatable bonds is 14. The van der Waals surface area contributed by atoms with Crippen LogP contribution in [0.25, 0.3) is 10.6 Å². The lowest BCUT2D eigenvalue weighted by Crippen LogP contribution is -2.23. The zero-order valence-corrected chi connectivity index (χ0v) is 25.8. The van der Waals surface area contributed by atoms with E-state index < -0.39 is 22.5 Å². The Labute approximate surface area is 267 Å². The van der Waals surface area contributed by atoms with Gasteiger partial charge in [0.2, 0.25) is 0 Å². The van der Waals surface area contributed by atoms with Crippen LogP contribution in [-0.2, 0) is 23.1 Å². The molecule has 240 valence electrons. The predicted molar refractivity (Wildman–Crippen MR) is 168 cm³/mol. The third-order valence-electron chi connectivity index (χ3n) is 6.61. The largest absolute Gasteiger partial charge is 0.573 e. The van der Waals surface area contributed by atoms with Gasteiger partial charge in [-0.15, -0.1) is 24.5 Å². The lowest BCUT2D eigenvalue weighted by Gasteiger charge is -2.12. The summed E-state index contributed by atoms with van der Waals surface area (Å²) >= 11 is 1.35. The van der Waals surface area contributed by atoms with Crippen molar-refractivity contribution in [2.75, 3.05) is 17.8 Å². The second-order valence-corrected chi connectivity index (χ2v) is 12.6. The quantitative estimate of drug-likeness (QED) is 0.117. The molecule has 3 N–H and O–H groups in total. The number of halogens is 3. The van der Waals surface area contributed by atoms with Gasteiger partial charge in [0.15, 0.2) is 0 Å². The van der Waals surface area contributed by atoms with Crippen molar-refractivity contribution >= 4 is 27.0 Å². The van der Waals surface area contributed by atoms with E-state index in [1.807, 2.05) is 18.2 Å². The summed E-state index contributed by atoms with van der Waals surface area (Å²) in [5.41, 5.74) is 3.51. The van der Waals surface area contributed by atoms with E-state index in [0.29, 0.717) is 41.6 Å². The molecule has 0 aliphatic rings. The zero-order valence-electron chi connectivity index (χ0n) is 24.1. The van der Waals surface area contributed by atoms with Gasteiger partial charge in [-0.1, -0.05) is 30.3 Å². The van der Waals surface area contributed by atoms with Crippen LogP contribution in [0.4, 0.5) is 18.9 Å². The summed E-state index contributed by atoms with van der Waals surface area (Å²) in [6.07, 6.45) is -1.43. The van der Waals surface area contributed by atoms with E-state index in [1.165, 1.54) is 35.6 Å². The average Bonchev–Trinajstić information content (AvgIpc) is 3.52. The van der Waals surface area contributed by atoms with Crippen LogP contribution in [0.3, 0.4) is 0 Å². The molecule has 0 fully saturated rings. The number of hydrogen-bond donors (Lipinski definition) is 3. The standard InChI is InChI=1S/C32H29F3N4O5S2/c33-32(34,35)44-28-11-9-27(10-12-28)43-20-26-21-45-31(38-26)23-5-13-29(14-6-23)46(41,42)39-25-7-3-22(4-8-25)15-17-37-19-30(40)24-2-1-16-36-18-24/h1-14,16,18,21,30,37,39-40H,15,17,19-20H2. The Balaban J connectivity index is 1.09. The number of nitrogens with zero attached hydrogens (tertiary/aromatic N) is 2. The number of nitrogens with one attached hydrogen (secondary N) is 2. The number of thiazole rings is 1. The van der Waals surface area contributed by atoms with E-state index in [0.717, 1.165) is 28.8 Å². The Bertz CT molecular complexity index is 1800. The Morgan fingerprint density at radius 2 is 1.65 bits per heavy atom.